The number of primary amides is 1. The van der Waals surface area contributed by atoms with Crippen LogP contribution in [0.4, 0.5) is 16.4 Å². The molecule has 2 aromatic carbocycles. The number of nitrogens with two attached hydrogens (primary N) is 2. The number of hydrogen-bond acceptors (Lipinski definition) is 5. The summed E-state index contributed by atoms with van der Waals surface area (Å²) in [4.78, 5) is 25.4. The molecule has 0 saturated heterocycles. The maximum atomic E-state index is 13.1. The molecule has 3 aromatic rings. The number of hydrogen-bond donors (Lipinski definition) is 4. The Morgan fingerprint density at radius 3 is 2.57 bits per heavy atom. The number of fused-ring (bicyclic) bond motifs is 1. The molecule has 0 bridgehead atoms. The van der Waals surface area contributed by atoms with Crippen molar-refractivity contribution < 1.29 is 9.59 Å². The molecule has 0 fully saturated rings. The van der Waals surface area contributed by atoms with Crippen LogP contribution in [-0.2, 0) is 6.42 Å². The van der Waals surface area contributed by atoms with Gasteiger partial charge in [-0.1, -0.05) is 42.0 Å². The molecule has 0 saturated carbocycles. The number of nitrogen functional groups attached to an aromatic ring is 1. The first-order valence-electron chi connectivity index (χ1n) is 9.88. The number of anilines is 3. The van der Waals surface area contributed by atoms with Gasteiger partial charge in [-0.3, -0.25) is 9.59 Å². The number of carbonyl (C=O) groups is 2. The summed E-state index contributed by atoms with van der Waals surface area (Å²) >= 11 is 1.14. The number of amides is 2. The second kappa shape index (κ2) is 8.20. The van der Waals surface area contributed by atoms with Crippen molar-refractivity contribution in [2.24, 2.45) is 5.73 Å². The summed E-state index contributed by atoms with van der Waals surface area (Å²) in [5.41, 5.74) is 16.3. The van der Waals surface area contributed by atoms with Crippen LogP contribution in [0.3, 0.4) is 0 Å². The summed E-state index contributed by atoms with van der Waals surface area (Å²) in [6.45, 7) is 1.99. The molecular formula is C23H24N4O2S. The quantitative estimate of drug-likeness (QED) is 0.493. The van der Waals surface area contributed by atoms with Gasteiger partial charge in [0.25, 0.3) is 11.8 Å². The Morgan fingerprint density at radius 2 is 1.83 bits per heavy atom. The van der Waals surface area contributed by atoms with Crippen LogP contribution in [0, 0.1) is 6.92 Å². The molecule has 7 heteroatoms. The van der Waals surface area contributed by atoms with Crippen molar-refractivity contribution in [2.75, 3.05) is 11.1 Å². The van der Waals surface area contributed by atoms with E-state index in [2.05, 4.69) is 22.8 Å². The summed E-state index contributed by atoms with van der Waals surface area (Å²) in [5.74, 6) is -0.959. The monoisotopic (exact) mass is 420 g/mol. The van der Waals surface area contributed by atoms with Gasteiger partial charge in [-0.25, -0.2) is 0 Å². The van der Waals surface area contributed by atoms with Gasteiger partial charge in [-0.2, -0.15) is 0 Å². The minimum absolute atomic E-state index is 0.0746. The van der Waals surface area contributed by atoms with Crippen LogP contribution >= 0.6 is 11.3 Å². The molecule has 1 aliphatic carbocycles. The lowest BCUT2D eigenvalue weighted by Gasteiger charge is -2.26. The van der Waals surface area contributed by atoms with Crippen molar-refractivity contribution in [2.45, 2.75) is 32.2 Å². The Bertz CT molecular complexity index is 1100. The molecule has 0 unspecified atom stereocenters. The van der Waals surface area contributed by atoms with Crippen LogP contribution in [0.15, 0.2) is 48.5 Å². The van der Waals surface area contributed by atoms with E-state index >= 15 is 0 Å². The lowest BCUT2D eigenvalue weighted by Crippen LogP contribution is -2.31. The number of carbonyl (C=O) groups excluding carboxylic acids is 2. The van der Waals surface area contributed by atoms with Crippen molar-refractivity contribution >= 4 is 39.5 Å². The van der Waals surface area contributed by atoms with Gasteiger partial charge in [0.05, 0.1) is 17.3 Å². The molecule has 1 aromatic heterocycles. The Kier molecular flexibility index (Phi) is 5.46. The fourth-order valence-electron chi connectivity index (χ4n) is 3.84. The summed E-state index contributed by atoms with van der Waals surface area (Å²) < 4.78 is 0. The summed E-state index contributed by atoms with van der Waals surface area (Å²) in [6.07, 6.45) is 2.89. The van der Waals surface area contributed by atoms with Gasteiger partial charge in [-0.05, 0) is 49.4 Å². The van der Waals surface area contributed by atoms with Gasteiger partial charge in [0.1, 0.15) is 9.88 Å². The zero-order chi connectivity index (χ0) is 21.3. The van der Waals surface area contributed by atoms with Crippen LogP contribution in [0.2, 0.25) is 0 Å². The smallest absolute Gasteiger partial charge is 0.264 e. The van der Waals surface area contributed by atoms with Gasteiger partial charge in [-0.15, -0.1) is 11.3 Å². The van der Waals surface area contributed by atoms with E-state index in [1.165, 1.54) is 5.56 Å². The predicted molar refractivity (Wildman–Crippen MR) is 121 cm³/mol. The number of rotatable bonds is 5. The molecule has 2 amide bonds. The molecule has 1 atom stereocenters. The van der Waals surface area contributed by atoms with Crippen LogP contribution in [0.5, 0.6) is 0 Å². The fraction of sp³-hybridized carbons (Fsp3) is 0.217. The first kappa shape index (κ1) is 20.0. The molecule has 0 radical (unpaired) electrons. The maximum Gasteiger partial charge on any atom is 0.264 e. The standard InChI is InChI=1S/C23H24N4O2S/c1-13-9-11-15(12-10-13)26-23-18(21(25)28)19(24)20(30-23)22(29)27-17-8-4-6-14-5-2-3-7-16(14)17/h2-3,5,7,9-12,17,26H,4,6,8,24H2,1H3,(H2,25,28)(H,27,29)/t17-/m1/s1. The third-order valence-corrected chi connectivity index (χ3v) is 6.50. The van der Waals surface area contributed by atoms with Crippen molar-refractivity contribution in [1.82, 2.24) is 5.32 Å². The Balaban J connectivity index is 1.62. The highest BCUT2D eigenvalue weighted by molar-refractivity contribution is 7.19. The fourth-order valence-corrected chi connectivity index (χ4v) is 4.89. The molecule has 0 aliphatic heterocycles. The van der Waals surface area contributed by atoms with Crippen molar-refractivity contribution in [3.8, 4) is 0 Å². The van der Waals surface area contributed by atoms with Crippen molar-refractivity contribution in [3.63, 3.8) is 0 Å². The molecule has 1 heterocycles. The van der Waals surface area contributed by atoms with E-state index in [4.69, 9.17) is 11.5 Å². The molecule has 6 N–H and O–H groups in total. The third-order valence-electron chi connectivity index (χ3n) is 5.38. The topological polar surface area (TPSA) is 110 Å². The van der Waals surface area contributed by atoms with Crippen LogP contribution in [0.1, 0.15) is 55.6 Å². The second-order valence-electron chi connectivity index (χ2n) is 7.52. The van der Waals surface area contributed by atoms with E-state index in [-0.39, 0.29) is 23.2 Å². The minimum atomic E-state index is -0.666. The Hall–Kier alpha value is -3.32. The highest BCUT2D eigenvalue weighted by Gasteiger charge is 2.27. The second-order valence-corrected chi connectivity index (χ2v) is 8.54. The first-order valence-corrected chi connectivity index (χ1v) is 10.7. The van der Waals surface area contributed by atoms with Crippen LogP contribution in [-0.4, -0.2) is 11.8 Å². The summed E-state index contributed by atoms with van der Waals surface area (Å²) in [7, 11) is 0. The molecule has 6 nitrogen and oxygen atoms in total. The normalized spacial score (nSPS) is 15.3. The first-order chi connectivity index (χ1) is 14.4. The van der Waals surface area contributed by atoms with Gasteiger partial charge < -0.3 is 22.1 Å². The predicted octanol–water partition coefficient (Wildman–Crippen LogP) is 4.29. The van der Waals surface area contributed by atoms with E-state index in [0.29, 0.717) is 9.88 Å². The molecule has 154 valence electrons. The molecule has 1 aliphatic rings. The summed E-state index contributed by atoms with van der Waals surface area (Å²) in [5, 5.41) is 6.74. The zero-order valence-corrected chi connectivity index (χ0v) is 17.5. The molecular weight excluding hydrogens is 396 g/mol. The van der Waals surface area contributed by atoms with E-state index in [9.17, 15) is 9.59 Å². The highest BCUT2D eigenvalue weighted by Crippen LogP contribution is 2.38. The van der Waals surface area contributed by atoms with E-state index in [0.717, 1.165) is 47.4 Å². The van der Waals surface area contributed by atoms with Crippen molar-refractivity contribution in [3.05, 3.63) is 75.7 Å². The summed E-state index contributed by atoms with van der Waals surface area (Å²) in [6, 6.07) is 15.8. The molecule has 30 heavy (non-hydrogen) atoms. The SMILES string of the molecule is Cc1ccc(Nc2sc(C(=O)N[C@@H]3CCCc4ccccc43)c(N)c2C(N)=O)cc1. The number of benzene rings is 2. The zero-order valence-electron chi connectivity index (χ0n) is 16.7. The number of thiophene rings is 1. The number of nitrogens with one attached hydrogen (secondary N) is 2. The van der Waals surface area contributed by atoms with Crippen LogP contribution in [0.25, 0.3) is 0 Å². The Morgan fingerprint density at radius 1 is 1.10 bits per heavy atom. The minimum Gasteiger partial charge on any atom is -0.397 e. The van der Waals surface area contributed by atoms with E-state index in [1.807, 2.05) is 43.3 Å². The van der Waals surface area contributed by atoms with Gasteiger partial charge in [0.2, 0.25) is 0 Å². The maximum absolute atomic E-state index is 13.1. The molecule has 4 rings (SSSR count). The van der Waals surface area contributed by atoms with Gasteiger partial charge in [0, 0.05) is 5.69 Å². The largest absolute Gasteiger partial charge is 0.397 e. The van der Waals surface area contributed by atoms with Gasteiger partial charge in [0.15, 0.2) is 0 Å². The average molecular weight is 421 g/mol. The molecule has 0 spiro atoms. The Labute approximate surface area is 179 Å². The van der Waals surface area contributed by atoms with E-state index in [1.54, 1.807) is 0 Å². The van der Waals surface area contributed by atoms with Gasteiger partial charge >= 0.3 is 0 Å². The lowest BCUT2D eigenvalue weighted by atomic mass is 9.88. The van der Waals surface area contributed by atoms with Crippen LogP contribution < -0.4 is 22.1 Å². The third kappa shape index (κ3) is 3.89. The highest BCUT2D eigenvalue weighted by atomic mass is 32.1. The lowest BCUT2D eigenvalue weighted by molar-refractivity contribution is 0.0937. The average Bonchev–Trinajstić information content (AvgIpc) is 3.06. The van der Waals surface area contributed by atoms with Crippen molar-refractivity contribution in [1.29, 1.82) is 0 Å². The van der Waals surface area contributed by atoms with E-state index < -0.39 is 5.91 Å². The number of aryl methyl sites for hydroxylation is 2.